The first-order chi connectivity index (χ1) is 4.86. The lowest BCUT2D eigenvalue weighted by Crippen LogP contribution is -2.31. The van der Waals surface area contributed by atoms with Crippen LogP contribution in [-0.4, -0.2) is 33.6 Å². The molecular weight excluding hydrogens is 150 g/mol. The van der Waals surface area contributed by atoms with E-state index in [0.717, 1.165) is 0 Å². The molecule has 0 rings (SSSR count). The van der Waals surface area contributed by atoms with E-state index in [2.05, 4.69) is 45.6 Å². The first kappa shape index (κ1) is 10.9. The van der Waals surface area contributed by atoms with Crippen molar-refractivity contribution in [3.05, 3.63) is 11.8 Å². The van der Waals surface area contributed by atoms with Crippen LogP contribution in [0.3, 0.4) is 0 Å². The molecule has 2 heteroatoms. The molecule has 0 aliphatic rings. The normalized spacial score (nSPS) is 12.2. The maximum Gasteiger partial charge on any atom is 0.0755 e. The van der Waals surface area contributed by atoms with Crippen molar-refractivity contribution in [3.63, 3.8) is 0 Å². The summed E-state index contributed by atoms with van der Waals surface area (Å²) in [7, 11) is 3.18. The number of nitrogens with zero attached hydrogens (tertiary/aromatic N) is 1. The van der Waals surface area contributed by atoms with E-state index >= 15 is 0 Å². The molecule has 0 radical (unpaired) electrons. The van der Waals surface area contributed by atoms with E-state index in [0.29, 0.717) is 0 Å². The highest BCUT2D eigenvalue weighted by molar-refractivity contribution is 6.84. The van der Waals surface area contributed by atoms with Gasteiger partial charge in [-0.1, -0.05) is 18.3 Å². The van der Waals surface area contributed by atoms with E-state index in [1.165, 1.54) is 17.8 Å². The zero-order valence-electron chi connectivity index (χ0n) is 8.57. The monoisotopic (exact) mass is 171 g/mol. The predicted octanol–water partition coefficient (Wildman–Crippen LogP) is 2.37. The van der Waals surface area contributed by atoms with Gasteiger partial charge in [0.1, 0.15) is 0 Å². The van der Waals surface area contributed by atoms with Gasteiger partial charge in [-0.15, -0.1) is 6.58 Å². The molecule has 0 heterocycles. The summed E-state index contributed by atoms with van der Waals surface area (Å²) in [5.41, 5.74) is 0. The summed E-state index contributed by atoms with van der Waals surface area (Å²) < 4.78 is 0. The van der Waals surface area contributed by atoms with Crippen molar-refractivity contribution in [1.82, 2.24) is 4.90 Å². The molecule has 1 nitrogen and oxygen atoms in total. The van der Waals surface area contributed by atoms with Gasteiger partial charge in [-0.25, -0.2) is 0 Å². The molecule has 0 bridgehead atoms. The maximum atomic E-state index is 4.05. The topological polar surface area (TPSA) is 3.24 Å². The minimum Gasteiger partial charge on any atom is -0.310 e. The van der Waals surface area contributed by atoms with E-state index in [4.69, 9.17) is 0 Å². The smallest absolute Gasteiger partial charge is 0.0755 e. The first-order valence-electron chi connectivity index (χ1n) is 4.17. The van der Waals surface area contributed by atoms with Gasteiger partial charge in [0.15, 0.2) is 0 Å². The number of hydrogen-bond donors (Lipinski definition) is 0. The zero-order valence-corrected chi connectivity index (χ0v) is 9.57. The molecule has 0 aliphatic carbocycles. The van der Waals surface area contributed by atoms with Crippen LogP contribution in [0.4, 0.5) is 0 Å². The molecule has 0 aromatic rings. The summed E-state index contributed by atoms with van der Waals surface area (Å²) in [6.07, 6.45) is 0. The molecule has 0 fully saturated rings. The molecule has 0 aliphatic heterocycles. The molecule has 0 atom stereocenters. The molecule has 0 aromatic heterocycles. The van der Waals surface area contributed by atoms with Gasteiger partial charge in [0.2, 0.25) is 0 Å². The highest BCUT2D eigenvalue weighted by Crippen LogP contribution is 2.17. The van der Waals surface area contributed by atoms with Crippen LogP contribution < -0.4 is 0 Å². The Bertz CT molecular complexity index is 138. The fourth-order valence-electron chi connectivity index (χ4n) is 0.717. The maximum absolute atomic E-state index is 4.05. The molecule has 0 unspecified atom stereocenters. The summed E-state index contributed by atoms with van der Waals surface area (Å²) >= 11 is 0. The molecule has 0 aromatic carbocycles. The molecule has 0 spiro atoms. The summed E-state index contributed by atoms with van der Waals surface area (Å²) in [5.74, 6) is 0. The van der Waals surface area contributed by atoms with Crippen molar-refractivity contribution < 1.29 is 0 Å². The molecule has 0 amide bonds. The van der Waals surface area contributed by atoms with Crippen LogP contribution in [0.25, 0.3) is 0 Å². The lowest BCUT2D eigenvalue weighted by atomic mass is 10.7. The number of rotatable bonds is 4. The molecule has 0 saturated heterocycles. The largest absolute Gasteiger partial charge is 0.310 e. The standard InChI is InChI=1S/C9H21NSi/c1-9(2)11(5,6)8-7-10(3)4/h1,7-8H2,2-6H3. The van der Waals surface area contributed by atoms with Crippen molar-refractivity contribution in [3.8, 4) is 0 Å². The van der Waals surface area contributed by atoms with Crippen molar-refractivity contribution in [2.45, 2.75) is 26.1 Å². The lowest BCUT2D eigenvalue weighted by molar-refractivity contribution is 0.431. The van der Waals surface area contributed by atoms with Crippen molar-refractivity contribution in [2.75, 3.05) is 20.6 Å². The molecule has 66 valence electrons. The minimum atomic E-state index is -1.08. The highest BCUT2D eigenvalue weighted by Gasteiger charge is 2.20. The van der Waals surface area contributed by atoms with Crippen molar-refractivity contribution in [2.24, 2.45) is 0 Å². The Morgan fingerprint density at radius 1 is 1.36 bits per heavy atom. The average molecular weight is 171 g/mol. The van der Waals surface area contributed by atoms with Gasteiger partial charge in [-0.05, 0) is 33.6 Å². The minimum absolute atomic E-state index is 1.08. The Labute approximate surface area is 72.1 Å². The van der Waals surface area contributed by atoms with E-state index in [9.17, 15) is 0 Å². The lowest BCUT2D eigenvalue weighted by Gasteiger charge is -2.24. The third-order valence-corrected chi connectivity index (χ3v) is 6.12. The predicted molar refractivity (Wildman–Crippen MR) is 55.7 cm³/mol. The SMILES string of the molecule is C=C(C)[Si](C)(C)CCN(C)C. The summed E-state index contributed by atoms with van der Waals surface area (Å²) in [6, 6.07) is 1.33. The van der Waals surface area contributed by atoms with Gasteiger partial charge < -0.3 is 4.90 Å². The summed E-state index contributed by atoms with van der Waals surface area (Å²) in [4.78, 5) is 2.25. The van der Waals surface area contributed by atoms with Crippen molar-refractivity contribution in [1.29, 1.82) is 0 Å². The van der Waals surface area contributed by atoms with Crippen LogP contribution in [0.1, 0.15) is 6.92 Å². The Morgan fingerprint density at radius 3 is 2.09 bits per heavy atom. The van der Waals surface area contributed by atoms with Crippen LogP contribution >= 0.6 is 0 Å². The third-order valence-electron chi connectivity index (χ3n) is 2.34. The Balaban J connectivity index is 3.83. The quantitative estimate of drug-likeness (QED) is 0.587. The van der Waals surface area contributed by atoms with Crippen LogP contribution in [0.15, 0.2) is 11.8 Å². The zero-order chi connectivity index (χ0) is 9.07. The van der Waals surface area contributed by atoms with Crippen LogP contribution in [-0.2, 0) is 0 Å². The molecule has 11 heavy (non-hydrogen) atoms. The van der Waals surface area contributed by atoms with Gasteiger partial charge in [-0.3, -0.25) is 0 Å². The van der Waals surface area contributed by atoms with Gasteiger partial charge in [0.05, 0.1) is 8.07 Å². The molecular formula is C9H21NSi. The van der Waals surface area contributed by atoms with Crippen LogP contribution in [0, 0.1) is 0 Å². The van der Waals surface area contributed by atoms with Crippen LogP contribution in [0.2, 0.25) is 19.1 Å². The van der Waals surface area contributed by atoms with E-state index in [-0.39, 0.29) is 0 Å². The Hall–Kier alpha value is -0.0831. The van der Waals surface area contributed by atoms with Crippen molar-refractivity contribution >= 4 is 8.07 Å². The second kappa shape index (κ2) is 4.07. The van der Waals surface area contributed by atoms with E-state index in [1.807, 2.05) is 0 Å². The second-order valence-corrected chi connectivity index (χ2v) is 9.34. The Morgan fingerprint density at radius 2 is 1.82 bits per heavy atom. The first-order valence-corrected chi connectivity index (χ1v) is 7.37. The van der Waals surface area contributed by atoms with Gasteiger partial charge in [0.25, 0.3) is 0 Å². The number of hydrogen-bond acceptors (Lipinski definition) is 1. The summed E-state index contributed by atoms with van der Waals surface area (Å²) in [5, 5.41) is 1.42. The van der Waals surface area contributed by atoms with E-state index in [1.54, 1.807) is 0 Å². The number of allylic oxidation sites excluding steroid dienone is 1. The highest BCUT2D eigenvalue weighted by atomic mass is 28.3. The third kappa shape index (κ3) is 4.38. The second-order valence-electron chi connectivity index (χ2n) is 4.22. The van der Waals surface area contributed by atoms with Gasteiger partial charge in [0, 0.05) is 0 Å². The summed E-state index contributed by atoms with van der Waals surface area (Å²) in [6.45, 7) is 12.2. The average Bonchev–Trinajstić information content (AvgIpc) is 1.84. The van der Waals surface area contributed by atoms with Gasteiger partial charge in [-0.2, -0.15) is 0 Å². The fourth-order valence-corrected chi connectivity index (χ4v) is 2.15. The van der Waals surface area contributed by atoms with Crippen LogP contribution in [0.5, 0.6) is 0 Å². The Kier molecular flexibility index (Phi) is 4.04. The van der Waals surface area contributed by atoms with E-state index < -0.39 is 8.07 Å². The molecule has 0 N–H and O–H groups in total. The van der Waals surface area contributed by atoms with Gasteiger partial charge >= 0.3 is 0 Å². The fraction of sp³-hybridized carbons (Fsp3) is 0.778. The molecule has 0 saturated carbocycles.